The fourth-order valence-electron chi connectivity index (χ4n) is 3.28. The van der Waals surface area contributed by atoms with Gasteiger partial charge in [0.25, 0.3) is 5.91 Å². The molecule has 1 amide bonds. The topological polar surface area (TPSA) is 76.2 Å². The third-order valence-electron chi connectivity index (χ3n) is 4.65. The van der Waals surface area contributed by atoms with Crippen molar-refractivity contribution in [3.05, 3.63) is 58.2 Å². The summed E-state index contributed by atoms with van der Waals surface area (Å²) < 4.78 is 7.21. The highest BCUT2D eigenvalue weighted by Gasteiger charge is 2.24. The zero-order valence-corrected chi connectivity index (χ0v) is 15.4. The number of aryl methyl sites for hydroxylation is 1. The number of carbonyl (C=O) groups excluding carboxylic acids is 1. The Bertz CT molecular complexity index is 870. The van der Waals surface area contributed by atoms with E-state index in [-0.39, 0.29) is 11.8 Å². The van der Waals surface area contributed by atoms with Crippen LogP contribution in [0.5, 0.6) is 0 Å². The highest BCUT2D eigenvalue weighted by atomic mass is 32.1. The molecule has 0 fully saturated rings. The van der Waals surface area contributed by atoms with Gasteiger partial charge in [-0.15, -0.1) is 11.3 Å². The average Bonchev–Trinajstić information content (AvgIpc) is 3.36. The Kier molecular flexibility index (Phi) is 4.85. The summed E-state index contributed by atoms with van der Waals surface area (Å²) in [6, 6.07) is 5.46. The number of furan rings is 1. The molecule has 0 radical (unpaired) electrons. The molecular formula is C18H21N5O2S. The maximum Gasteiger partial charge on any atom is 0.286 e. The van der Waals surface area contributed by atoms with Crippen LogP contribution in [0.25, 0.3) is 0 Å². The van der Waals surface area contributed by atoms with Gasteiger partial charge in [-0.25, -0.2) is 4.98 Å². The molecule has 0 aliphatic carbocycles. The number of amides is 1. The zero-order chi connectivity index (χ0) is 17.9. The lowest BCUT2D eigenvalue weighted by atomic mass is 10.1. The lowest BCUT2D eigenvalue weighted by molar-refractivity contribution is 0.0912. The molecule has 4 heterocycles. The predicted octanol–water partition coefficient (Wildman–Crippen LogP) is 2.30. The number of carbonyl (C=O) groups is 1. The maximum atomic E-state index is 12.2. The first-order valence-electron chi connectivity index (χ1n) is 8.63. The minimum Gasteiger partial charge on any atom is -0.459 e. The molecule has 1 aliphatic heterocycles. The Morgan fingerprint density at radius 1 is 1.42 bits per heavy atom. The molecule has 0 aromatic carbocycles. The second-order valence-corrected chi connectivity index (χ2v) is 7.53. The van der Waals surface area contributed by atoms with Gasteiger partial charge in [0.1, 0.15) is 0 Å². The Balaban J connectivity index is 1.45. The van der Waals surface area contributed by atoms with Crippen LogP contribution in [0.1, 0.15) is 26.8 Å². The lowest BCUT2D eigenvalue weighted by Crippen LogP contribution is -2.36. The molecule has 26 heavy (non-hydrogen) atoms. The number of rotatable bonds is 5. The molecule has 136 valence electrons. The number of thiazole rings is 1. The molecule has 1 N–H and O–H groups in total. The Morgan fingerprint density at radius 3 is 3.12 bits per heavy atom. The molecule has 0 bridgehead atoms. The first kappa shape index (κ1) is 17.0. The van der Waals surface area contributed by atoms with E-state index in [4.69, 9.17) is 4.42 Å². The molecule has 4 rings (SSSR count). The van der Waals surface area contributed by atoms with Gasteiger partial charge in [0.05, 0.1) is 23.2 Å². The molecule has 1 atom stereocenters. The highest BCUT2D eigenvalue weighted by molar-refractivity contribution is 7.09. The smallest absolute Gasteiger partial charge is 0.286 e. The largest absolute Gasteiger partial charge is 0.459 e. The summed E-state index contributed by atoms with van der Waals surface area (Å²) >= 11 is 1.69. The van der Waals surface area contributed by atoms with Crippen LogP contribution in [0.15, 0.2) is 40.6 Å². The summed E-state index contributed by atoms with van der Waals surface area (Å²) in [5.41, 5.74) is 4.19. The van der Waals surface area contributed by atoms with Crippen LogP contribution in [0.2, 0.25) is 0 Å². The van der Waals surface area contributed by atoms with Crippen LogP contribution in [0, 0.1) is 12.8 Å². The Labute approximate surface area is 155 Å². The van der Waals surface area contributed by atoms with Gasteiger partial charge in [0.2, 0.25) is 0 Å². The molecule has 0 spiro atoms. The van der Waals surface area contributed by atoms with Crippen molar-refractivity contribution in [3.8, 4) is 0 Å². The van der Waals surface area contributed by atoms with Gasteiger partial charge in [-0.3, -0.25) is 14.4 Å². The fraction of sp³-hybridized carbons (Fsp3) is 0.389. The van der Waals surface area contributed by atoms with E-state index >= 15 is 0 Å². The van der Waals surface area contributed by atoms with Gasteiger partial charge >= 0.3 is 0 Å². The van der Waals surface area contributed by atoms with Gasteiger partial charge in [0, 0.05) is 49.7 Å². The van der Waals surface area contributed by atoms with Crippen LogP contribution in [0.3, 0.4) is 0 Å². The first-order valence-corrected chi connectivity index (χ1v) is 9.50. The van der Waals surface area contributed by atoms with Crippen LogP contribution in [-0.4, -0.2) is 38.7 Å². The number of nitrogens with one attached hydrogen (secondary N) is 1. The van der Waals surface area contributed by atoms with Crippen molar-refractivity contribution in [1.82, 2.24) is 25.0 Å². The van der Waals surface area contributed by atoms with Crippen LogP contribution in [0.4, 0.5) is 0 Å². The number of aromatic nitrogens is 3. The molecule has 0 saturated carbocycles. The van der Waals surface area contributed by atoms with Crippen LogP contribution < -0.4 is 5.32 Å². The predicted molar refractivity (Wildman–Crippen MR) is 97.7 cm³/mol. The summed E-state index contributed by atoms with van der Waals surface area (Å²) in [4.78, 5) is 20.2. The standard InChI is InChI=1S/C18H21N5O2S/c1-13-17(26-12-20-13)11-22-8-14(9-23-15(10-22)4-5-21-23)7-19-18(24)16-3-2-6-25-16/h2-6,12,14H,7-11H2,1H3,(H,19,24). The first-order chi connectivity index (χ1) is 12.7. The number of hydrogen-bond donors (Lipinski definition) is 1. The highest BCUT2D eigenvalue weighted by Crippen LogP contribution is 2.21. The monoisotopic (exact) mass is 371 g/mol. The minimum absolute atomic E-state index is 0.176. The van der Waals surface area contributed by atoms with Gasteiger partial charge in [-0.2, -0.15) is 5.10 Å². The van der Waals surface area contributed by atoms with Crippen molar-refractivity contribution < 1.29 is 9.21 Å². The summed E-state index contributed by atoms with van der Waals surface area (Å²) in [7, 11) is 0. The van der Waals surface area contributed by atoms with Crippen molar-refractivity contribution in [2.45, 2.75) is 26.6 Å². The molecule has 1 aliphatic rings. The van der Waals surface area contributed by atoms with Gasteiger partial charge in [-0.05, 0) is 25.1 Å². The number of nitrogens with zero attached hydrogens (tertiary/aromatic N) is 4. The maximum absolute atomic E-state index is 12.2. The van der Waals surface area contributed by atoms with Gasteiger partial charge in [-0.1, -0.05) is 0 Å². The summed E-state index contributed by atoms with van der Waals surface area (Å²) in [5, 5.41) is 7.43. The molecule has 7 nitrogen and oxygen atoms in total. The number of fused-ring (bicyclic) bond motifs is 1. The van der Waals surface area contributed by atoms with E-state index in [2.05, 4.69) is 33.3 Å². The van der Waals surface area contributed by atoms with Gasteiger partial charge in [0.15, 0.2) is 5.76 Å². The molecule has 1 unspecified atom stereocenters. The minimum atomic E-state index is -0.176. The van der Waals surface area contributed by atoms with Crippen molar-refractivity contribution >= 4 is 17.2 Å². The summed E-state index contributed by atoms with van der Waals surface area (Å²) in [6.45, 7) is 6.02. The second-order valence-electron chi connectivity index (χ2n) is 6.59. The Morgan fingerprint density at radius 2 is 2.35 bits per heavy atom. The van der Waals surface area contributed by atoms with Crippen molar-refractivity contribution in [2.24, 2.45) is 5.92 Å². The average molecular weight is 371 g/mol. The third-order valence-corrected chi connectivity index (χ3v) is 5.57. The molecule has 3 aromatic rings. The van der Waals surface area contributed by atoms with Crippen LogP contribution in [-0.2, 0) is 19.6 Å². The Hall–Kier alpha value is -2.45. The van der Waals surface area contributed by atoms with Crippen molar-refractivity contribution in [1.29, 1.82) is 0 Å². The molecule has 3 aromatic heterocycles. The van der Waals surface area contributed by atoms with E-state index in [0.29, 0.717) is 12.3 Å². The summed E-state index contributed by atoms with van der Waals surface area (Å²) in [5.74, 6) is 0.434. The van der Waals surface area contributed by atoms with E-state index in [0.717, 1.165) is 31.9 Å². The summed E-state index contributed by atoms with van der Waals surface area (Å²) in [6.07, 6.45) is 3.35. The SMILES string of the molecule is Cc1ncsc1CN1Cc2ccnn2CC(CNC(=O)c2ccco2)C1. The lowest BCUT2D eigenvalue weighted by Gasteiger charge is -2.23. The van der Waals surface area contributed by atoms with Crippen LogP contribution >= 0.6 is 11.3 Å². The zero-order valence-electron chi connectivity index (χ0n) is 14.6. The fourth-order valence-corrected chi connectivity index (χ4v) is 4.10. The van der Waals surface area contributed by atoms with E-state index in [1.807, 2.05) is 16.4 Å². The van der Waals surface area contributed by atoms with Gasteiger partial charge < -0.3 is 9.73 Å². The number of hydrogen-bond acceptors (Lipinski definition) is 6. The molecule has 8 heteroatoms. The molecular weight excluding hydrogens is 350 g/mol. The van der Waals surface area contributed by atoms with Crippen molar-refractivity contribution in [2.75, 3.05) is 13.1 Å². The third kappa shape index (κ3) is 3.71. The molecule has 0 saturated heterocycles. The van der Waals surface area contributed by atoms with E-state index < -0.39 is 0 Å². The normalized spacial score (nSPS) is 17.7. The van der Waals surface area contributed by atoms with Crippen molar-refractivity contribution in [3.63, 3.8) is 0 Å². The van der Waals surface area contributed by atoms with E-state index in [9.17, 15) is 4.79 Å². The quantitative estimate of drug-likeness (QED) is 0.745. The van der Waals surface area contributed by atoms with E-state index in [1.54, 1.807) is 23.5 Å². The van der Waals surface area contributed by atoms with E-state index in [1.165, 1.54) is 16.8 Å². The second kappa shape index (κ2) is 7.43.